The second-order valence-electron chi connectivity index (χ2n) is 4.35. The number of carbonyl (C=O) groups excluding carboxylic acids is 3. The molecule has 0 fully saturated rings. The van der Waals surface area contributed by atoms with Gasteiger partial charge in [0.1, 0.15) is 0 Å². The second-order valence-corrected chi connectivity index (χ2v) is 4.35. The minimum absolute atomic E-state index is 0.0923. The summed E-state index contributed by atoms with van der Waals surface area (Å²) in [6.07, 6.45) is 0. The van der Waals surface area contributed by atoms with E-state index in [1.165, 1.54) is 18.2 Å². The van der Waals surface area contributed by atoms with Crippen molar-refractivity contribution in [3.05, 3.63) is 65.2 Å². The number of primary amides is 2. The van der Waals surface area contributed by atoms with Crippen molar-refractivity contribution in [1.29, 1.82) is 0 Å². The van der Waals surface area contributed by atoms with Gasteiger partial charge in [0, 0.05) is 22.4 Å². The molecule has 0 saturated carbocycles. The Morgan fingerprint density at radius 1 is 0.762 bits per heavy atom. The first-order chi connectivity index (χ1) is 9.97. The van der Waals surface area contributed by atoms with Gasteiger partial charge in [-0.05, 0) is 30.3 Å². The summed E-state index contributed by atoms with van der Waals surface area (Å²) in [5.74, 6) is -1.80. The smallest absolute Gasteiger partial charge is 0.255 e. The zero-order valence-corrected chi connectivity index (χ0v) is 11.0. The van der Waals surface area contributed by atoms with E-state index in [1.807, 2.05) is 0 Å². The maximum Gasteiger partial charge on any atom is 0.255 e. The predicted molar refractivity (Wildman–Crippen MR) is 77.9 cm³/mol. The van der Waals surface area contributed by atoms with E-state index >= 15 is 0 Å². The molecule has 106 valence electrons. The fraction of sp³-hybridized carbons (Fsp3) is 0. The summed E-state index contributed by atoms with van der Waals surface area (Å²) in [5.41, 5.74) is 11.3. The zero-order valence-electron chi connectivity index (χ0n) is 11.0. The summed E-state index contributed by atoms with van der Waals surface area (Å²) >= 11 is 0. The van der Waals surface area contributed by atoms with Crippen molar-refractivity contribution in [2.24, 2.45) is 11.5 Å². The van der Waals surface area contributed by atoms with Crippen molar-refractivity contribution in [1.82, 2.24) is 0 Å². The number of hydrogen-bond acceptors (Lipinski definition) is 3. The SMILES string of the molecule is NC(=O)c1cc(NC(=O)c2ccccc2)cc(C(N)=O)c1. The summed E-state index contributed by atoms with van der Waals surface area (Å²) in [5, 5.41) is 2.59. The first-order valence-corrected chi connectivity index (χ1v) is 6.08. The van der Waals surface area contributed by atoms with Gasteiger partial charge in [0.25, 0.3) is 5.91 Å². The quantitative estimate of drug-likeness (QED) is 0.781. The van der Waals surface area contributed by atoms with Crippen LogP contribution in [0.25, 0.3) is 0 Å². The van der Waals surface area contributed by atoms with E-state index in [9.17, 15) is 14.4 Å². The third-order valence-electron chi connectivity index (χ3n) is 2.80. The van der Waals surface area contributed by atoms with Gasteiger partial charge >= 0.3 is 0 Å². The van der Waals surface area contributed by atoms with E-state index in [0.717, 1.165) is 0 Å². The van der Waals surface area contributed by atoms with Crippen LogP contribution < -0.4 is 16.8 Å². The fourth-order valence-electron chi connectivity index (χ4n) is 1.78. The average Bonchev–Trinajstić information content (AvgIpc) is 2.47. The van der Waals surface area contributed by atoms with Gasteiger partial charge in [0.2, 0.25) is 11.8 Å². The Morgan fingerprint density at radius 2 is 1.29 bits per heavy atom. The normalized spacial score (nSPS) is 9.90. The van der Waals surface area contributed by atoms with Gasteiger partial charge in [-0.2, -0.15) is 0 Å². The lowest BCUT2D eigenvalue weighted by Gasteiger charge is -2.08. The van der Waals surface area contributed by atoms with Gasteiger partial charge in [0.05, 0.1) is 0 Å². The Morgan fingerprint density at radius 3 is 1.76 bits per heavy atom. The molecule has 0 heterocycles. The number of carbonyl (C=O) groups is 3. The molecule has 0 radical (unpaired) electrons. The van der Waals surface area contributed by atoms with Crippen molar-refractivity contribution in [2.75, 3.05) is 5.32 Å². The topological polar surface area (TPSA) is 115 Å². The molecule has 0 saturated heterocycles. The lowest BCUT2D eigenvalue weighted by atomic mass is 10.1. The van der Waals surface area contributed by atoms with Gasteiger partial charge in [-0.3, -0.25) is 14.4 Å². The molecule has 0 aliphatic rings. The molecule has 3 amide bonds. The molecule has 0 aliphatic heterocycles. The molecule has 6 nitrogen and oxygen atoms in total. The summed E-state index contributed by atoms with van der Waals surface area (Å²) in [7, 11) is 0. The van der Waals surface area contributed by atoms with Gasteiger partial charge < -0.3 is 16.8 Å². The summed E-state index contributed by atoms with van der Waals surface area (Å²) in [4.78, 5) is 34.5. The molecule has 2 rings (SSSR count). The van der Waals surface area contributed by atoms with Crippen LogP contribution in [0.5, 0.6) is 0 Å². The van der Waals surface area contributed by atoms with Gasteiger partial charge in [-0.1, -0.05) is 18.2 Å². The Balaban J connectivity index is 2.33. The Kier molecular flexibility index (Phi) is 3.99. The molecule has 0 aliphatic carbocycles. The minimum Gasteiger partial charge on any atom is -0.366 e. The number of hydrogen-bond donors (Lipinski definition) is 3. The maximum absolute atomic E-state index is 12.0. The first kappa shape index (κ1) is 14.3. The van der Waals surface area contributed by atoms with E-state index < -0.39 is 11.8 Å². The predicted octanol–water partition coefficient (Wildman–Crippen LogP) is 1.14. The highest BCUT2D eigenvalue weighted by Crippen LogP contribution is 2.16. The van der Waals surface area contributed by atoms with Crippen LogP contribution in [0.1, 0.15) is 31.1 Å². The van der Waals surface area contributed by atoms with Crippen LogP contribution >= 0.6 is 0 Å². The van der Waals surface area contributed by atoms with E-state index in [4.69, 9.17) is 11.5 Å². The van der Waals surface area contributed by atoms with E-state index in [-0.39, 0.29) is 22.7 Å². The number of nitrogens with one attached hydrogen (secondary N) is 1. The molecule has 0 aromatic heterocycles. The highest BCUT2D eigenvalue weighted by atomic mass is 16.2. The number of benzene rings is 2. The fourth-order valence-corrected chi connectivity index (χ4v) is 1.78. The molecule has 0 atom stereocenters. The van der Waals surface area contributed by atoms with Crippen LogP contribution in [0.2, 0.25) is 0 Å². The van der Waals surface area contributed by atoms with Crippen molar-refractivity contribution in [2.45, 2.75) is 0 Å². The first-order valence-electron chi connectivity index (χ1n) is 6.08. The van der Waals surface area contributed by atoms with Crippen LogP contribution in [0, 0.1) is 0 Å². The molecule has 0 spiro atoms. The third-order valence-corrected chi connectivity index (χ3v) is 2.80. The molecule has 21 heavy (non-hydrogen) atoms. The highest BCUT2D eigenvalue weighted by Gasteiger charge is 2.11. The number of amides is 3. The molecular weight excluding hydrogens is 270 g/mol. The van der Waals surface area contributed by atoms with Crippen LogP contribution in [-0.2, 0) is 0 Å². The van der Waals surface area contributed by atoms with E-state index in [2.05, 4.69) is 5.32 Å². The largest absolute Gasteiger partial charge is 0.366 e. The van der Waals surface area contributed by atoms with Crippen LogP contribution in [-0.4, -0.2) is 17.7 Å². The summed E-state index contributed by atoms with van der Waals surface area (Å²) in [6, 6.07) is 12.6. The molecular formula is C15H13N3O3. The van der Waals surface area contributed by atoms with Gasteiger partial charge in [-0.25, -0.2) is 0 Å². The second kappa shape index (κ2) is 5.87. The molecule has 2 aromatic rings. The number of anilines is 1. The van der Waals surface area contributed by atoms with Crippen molar-refractivity contribution in [3.8, 4) is 0 Å². The molecule has 6 heteroatoms. The molecule has 0 unspecified atom stereocenters. The Hall–Kier alpha value is -3.15. The van der Waals surface area contributed by atoms with Gasteiger partial charge in [-0.15, -0.1) is 0 Å². The highest BCUT2D eigenvalue weighted by molar-refractivity contribution is 6.06. The van der Waals surface area contributed by atoms with Crippen molar-refractivity contribution >= 4 is 23.4 Å². The lowest BCUT2D eigenvalue weighted by molar-refractivity contribution is 0.0994. The van der Waals surface area contributed by atoms with E-state index in [1.54, 1.807) is 30.3 Å². The monoisotopic (exact) mass is 283 g/mol. The summed E-state index contributed by atoms with van der Waals surface area (Å²) < 4.78 is 0. The standard InChI is InChI=1S/C15H13N3O3/c16-13(19)10-6-11(14(17)20)8-12(7-10)18-15(21)9-4-2-1-3-5-9/h1-8H,(H2,16,19)(H2,17,20)(H,18,21). The average molecular weight is 283 g/mol. The minimum atomic E-state index is -0.715. The van der Waals surface area contributed by atoms with E-state index in [0.29, 0.717) is 5.56 Å². The Bertz CT molecular complexity index is 679. The molecule has 5 N–H and O–H groups in total. The summed E-state index contributed by atoms with van der Waals surface area (Å²) in [6.45, 7) is 0. The van der Waals surface area contributed by atoms with Crippen LogP contribution in [0.15, 0.2) is 48.5 Å². The van der Waals surface area contributed by atoms with Crippen molar-refractivity contribution in [3.63, 3.8) is 0 Å². The van der Waals surface area contributed by atoms with Gasteiger partial charge in [0.15, 0.2) is 0 Å². The molecule has 2 aromatic carbocycles. The Labute approximate surface area is 120 Å². The van der Waals surface area contributed by atoms with Crippen LogP contribution in [0.4, 0.5) is 5.69 Å². The number of nitrogens with two attached hydrogens (primary N) is 2. The lowest BCUT2D eigenvalue weighted by Crippen LogP contribution is -2.18. The number of rotatable bonds is 4. The molecule has 0 bridgehead atoms. The third kappa shape index (κ3) is 3.44. The van der Waals surface area contributed by atoms with Crippen LogP contribution in [0.3, 0.4) is 0 Å². The van der Waals surface area contributed by atoms with Crippen molar-refractivity contribution < 1.29 is 14.4 Å². The zero-order chi connectivity index (χ0) is 15.4. The maximum atomic E-state index is 12.0.